The van der Waals surface area contributed by atoms with E-state index in [4.69, 9.17) is 0 Å². The highest BCUT2D eigenvalue weighted by Gasteiger charge is 2.10. The minimum Gasteiger partial charge on any atom is -0.140 e. The van der Waals surface area contributed by atoms with Crippen LogP contribution < -0.4 is 0 Å². The van der Waals surface area contributed by atoms with Gasteiger partial charge in [-0.15, -0.1) is 58.0 Å². The number of rotatable bonds is 3. The van der Waals surface area contributed by atoms with Gasteiger partial charge in [-0.05, 0) is 55.5 Å². The summed E-state index contributed by atoms with van der Waals surface area (Å²) in [5.41, 5.74) is 0. The normalized spacial score (nSPS) is 10.5. The Morgan fingerprint density at radius 3 is 1.29 bits per heavy atom. The maximum Gasteiger partial charge on any atom is 0.0574 e. The predicted octanol–water partition coefficient (Wildman–Crippen LogP) is 8.56. The van der Waals surface area contributed by atoms with Crippen LogP contribution in [0, 0.1) is 6.92 Å². The Morgan fingerprint density at radius 2 is 0.917 bits per heavy atom. The summed E-state index contributed by atoms with van der Waals surface area (Å²) in [5.74, 6) is 0. The molecule has 0 aliphatic heterocycles. The summed E-state index contributed by atoms with van der Waals surface area (Å²) < 4.78 is 1.07. The van der Waals surface area contributed by atoms with Gasteiger partial charge < -0.3 is 0 Å². The topological polar surface area (TPSA) is 0 Å². The number of hydrogen-bond acceptors (Lipinski definition) is 5. The number of aryl methyl sites for hydroxylation is 1. The van der Waals surface area contributed by atoms with Gasteiger partial charge in [0.05, 0.1) is 4.21 Å². The molecular formula is C19H18S5. The van der Waals surface area contributed by atoms with Crippen molar-refractivity contribution in [3.05, 3.63) is 53.4 Å². The van der Waals surface area contributed by atoms with Gasteiger partial charge in [0.1, 0.15) is 0 Å². The molecule has 0 fully saturated rings. The van der Waals surface area contributed by atoms with Crippen LogP contribution in [-0.4, -0.2) is 0 Å². The molecule has 0 radical (unpaired) electrons. The average molecular weight is 407 g/mol. The largest absolute Gasteiger partial charge is 0.140 e. The molecule has 0 saturated heterocycles. The summed E-state index contributed by atoms with van der Waals surface area (Å²) in [5, 5.41) is 0. The molecule has 0 saturated carbocycles. The minimum absolute atomic E-state index is 1.07. The van der Waals surface area contributed by atoms with Gasteiger partial charge in [0.25, 0.3) is 0 Å². The lowest BCUT2D eigenvalue weighted by Gasteiger charge is -1.91. The molecule has 4 heterocycles. The van der Waals surface area contributed by atoms with Gasteiger partial charge in [0.2, 0.25) is 0 Å². The summed E-state index contributed by atoms with van der Waals surface area (Å²) in [6.07, 6.45) is 0. The van der Waals surface area contributed by atoms with E-state index in [1.807, 2.05) is 47.9 Å². The van der Waals surface area contributed by atoms with Crippen molar-refractivity contribution in [2.75, 3.05) is 0 Å². The first-order valence-electron chi connectivity index (χ1n) is 7.75. The number of hydrogen-bond donors (Lipinski definition) is 1. The minimum atomic E-state index is 1.07. The molecule has 0 aliphatic carbocycles. The van der Waals surface area contributed by atoms with Gasteiger partial charge in [0.15, 0.2) is 0 Å². The van der Waals surface area contributed by atoms with Crippen molar-refractivity contribution in [1.82, 2.24) is 0 Å². The zero-order chi connectivity index (χ0) is 17.1. The van der Waals surface area contributed by atoms with Crippen LogP contribution in [0.1, 0.15) is 18.7 Å². The first kappa shape index (κ1) is 18.0. The molecule has 0 aliphatic rings. The van der Waals surface area contributed by atoms with Gasteiger partial charge in [-0.3, -0.25) is 0 Å². The second-order valence-electron chi connectivity index (χ2n) is 4.88. The summed E-state index contributed by atoms with van der Waals surface area (Å²) in [6.45, 7) is 6.16. The van der Waals surface area contributed by atoms with E-state index < -0.39 is 0 Å². The Morgan fingerprint density at radius 1 is 0.542 bits per heavy atom. The molecule has 0 unspecified atom stereocenters. The molecule has 124 valence electrons. The second kappa shape index (κ2) is 8.02. The zero-order valence-corrected chi connectivity index (χ0v) is 17.9. The average Bonchev–Trinajstić information content (AvgIpc) is 3.35. The van der Waals surface area contributed by atoms with Crippen LogP contribution in [0.25, 0.3) is 29.3 Å². The molecular weight excluding hydrogens is 389 g/mol. The molecule has 0 nitrogen and oxygen atoms in total. The lowest BCUT2D eigenvalue weighted by Crippen LogP contribution is -1.58. The van der Waals surface area contributed by atoms with Crippen LogP contribution in [0.15, 0.2) is 52.7 Å². The molecule has 24 heavy (non-hydrogen) atoms. The van der Waals surface area contributed by atoms with Crippen molar-refractivity contribution in [3.63, 3.8) is 0 Å². The molecule has 0 aromatic carbocycles. The summed E-state index contributed by atoms with van der Waals surface area (Å²) in [6, 6.07) is 17.5. The molecule has 4 aromatic rings. The van der Waals surface area contributed by atoms with Crippen molar-refractivity contribution in [2.24, 2.45) is 0 Å². The standard InChI is InChI=1S/C17H12S5.C2H6/c1-10-2-3-11(19-10)12-4-5-13(20-12)14-6-7-15(21-14)16-8-9-17(18)22-16;1-2/h2-9,18H,1H3;1-2H3. The molecule has 4 aromatic heterocycles. The smallest absolute Gasteiger partial charge is 0.0574 e. The highest BCUT2D eigenvalue weighted by atomic mass is 32.2. The Labute approximate surface area is 164 Å². The fraction of sp³-hybridized carbons (Fsp3) is 0.158. The van der Waals surface area contributed by atoms with Crippen LogP contribution in [-0.2, 0) is 0 Å². The van der Waals surface area contributed by atoms with Gasteiger partial charge in [0, 0.05) is 34.1 Å². The van der Waals surface area contributed by atoms with Crippen molar-refractivity contribution in [3.8, 4) is 29.3 Å². The SMILES string of the molecule is CC.Cc1ccc(-c2ccc(-c3ccc(-c4ccc(S)s4)s3)s2)s1. The van der Waals surface area contributed by atoms with E-state index >= 15 is 0 Å². The van der Waals surface area contributed by atoms with E-state index in [0.717, 1.165) is 4.21 Å². The number of thiophene rings is 4. The molecule has 0 atom stereocenters. The van der Waals surface area contributed by atoms with Gasteiger partial charge >= 0.3 is 0 Å². The zero-order valence-electron chi connectivity index (χ0n) is 13.7. The third kappa shape index (κ3) is 3.86. The van der Waals surface area contributed by atoms with Gasteiger partial charge in [-0.2, -0.15) is 0 Å². The highest BCUT2D eigenvalue weighted by Crippen LogP contribution is 2.43. The first-order chi connectivity index (χ1) is 11.7. The number of thiol groups is 1. The van der Waals surface area contributed by atoms with Crippen molar-refractivity contribution >= 4 is 58.0 Å². The van der Waals surface area contributed by atoms with Crippen LogP contribution in [0.5, 0.6) is 0 Å². The summed E-state index contributed by atoms with van der Waals surface area (Å²) in [7, 11) is 0. The molecule has 0 spiro atoms. The maximum atomic E-state index is 4.40. The van der Waals surface area contributed by atoms with Gasteiger partial charge in [-0.1, -0.05) is 13.8 Å². The lowest BCUT2D eigenvalue weighted by atomic mass is 10.3. The third-order valence-corrected chi connectivity index (χ3v) is 8.34. The van der Waals surface area contributed by atoms with Crippen LogP contribution >= 0.6 is 58.0 Å². The third-order valence-electron chi connectivity index (χ3n) is 3.27. The van der Waals surface area contributed by atoms with Crippen LogP contribution in [0.3, 0.4) is 0 Å². The van der Waals surface area contributed by atoms with Crippen molar-refractivity contribution in [1.29, 1.82) is 0 Å². The van der Waals surface area contributed by atoms with Crippen LogP contribution in [0.2, 0.25) is 0 Å². The van der Waals surface area contributed by atoms with E-state index in [0.29, 0.717) is 0 Å². The first-order valence-corrected chi connectivity index (χ1v) is 11.5. The molecule has 0 bridgehead atoms. The lowest BCUT2D eigenvalue weighted by molar-refractivity contribution is 1.50. The van der Waals surface area contributed by atoms with Crippen molar-refractivity contribution < 1.29 is 0 Å². The van der Waals surface area contributed by atoms with Crippen LogP contribution in [0.4, 0.5) is 0 Å². The van der Waals surface area contributed by atoms with E-state index in [-0.39, 0.29) is 0 Å². The Kier molecular flexibility index (Phi) is 6.00. The fourth-order valence-electron chi connectivity index (χ4n) is 2.23. The van der Waals surface area contributed by atoms with E-state index in [1.165, 1.54) is 34.1 Å². The summed E-state index contributed by atoms with van der Waals surface area (Å²) >= 11 is 11.7. The Balaban J connectivity index is 0.000000815. The monoisotopic (exact) mass is 406 g/mol. The van der Waals surface area contributed by atoms with E-state index in [2.05, 4.69) is 68.1 Å². The second-order valence-corrected chi connectivity index (χ2v) is 10.2. The molecule has 4 rings (SSSR count). The fourth-order valence-corrected chi connectivity index (χ4v) is 6.50. The van der Waals surface area contributed by atoms with Crippen molar-refractivity contribution in [2.45, 2.75) is 25.0 Å². The van der Waals surface area contributed by atoms with E-state index in [1.54, 1.807) is 11.3 Å². The predicted molar refractivity (Wildman–Crippen MR) is 118 cm³/mol. The Bertz CT molecular complexity index is 843. The molecule has 0 N–H and O–H groups in total. The van der Waals surface area contributed by atoms with E-state index in [9.17, 15) is 0 Å². The summed E-state index contributed by atoms with van der Waals surface area (Å²) in [4.78, 5) is 9.40. The quantitative estimate of drug-likeness (QED) is 0.324. The Hall–Kier alpha value is -0.850. The molecule has 5 heteroatoms. The van der Waals surface area contributed by atoms with Gasteiger partial charge in [-0.25, -0.2) is 0 Å². The highest BCUT2D eigenvalue weighted by molar-refractivity contribution is 7.83. The maximum absolute atomic E-state index is 4.40. The molecule has 0 amide bonds.